The number of carbonyl (C=O) groups is 2. The van der Waals surface area contributed by atoms with Gasteiger partial charge in [-0.05, 0) is 19.4 Å². The lowest BCUT2D eigenvalue weighted by Crippen LogP contribution is -2.29. The highest BCUT2D eigenvalue weighted by molar-refractivity contribution is 5.89. The molecule has 0 aromatic carbocycles. The molecule has 1 heterocycles. The second-order valence-electron chi connectivity index (χ2n) is 4.64. The molecule has 0 saturated heterocycles. The quantitative estimate of drug-likeness (QED) is 0.830. The van der Waals surface area contributed by atoms with E-state index in [1.165, 1.54) is 0 Å². The highest BCUT2D eigenvalue weighted by Crippen LogP contribution is 2.40. The maximum absolute atomic E-state index is 11.9. The van der Waals surface area contributed by atoms with Crippen LogP contribution in [0.25, 0.3) is 0 Å². The number of carbonyl (C=O) groups excluding carboxylic acids is 1. The van der Waals surface area contributed by atoms with Crippen molar-refractivity contribution in [1.82, 2.24) is 14.7 Å². The zero-order valence-corrected chi connectivity index (χ0v) is 10.5. The number of hydrogen-bond donors (Lipinski definition) is 1. The van der Waals surface area contributed by atoms with Gasteiger partial charge < -0.3 is 10.0 Å². The molecule has 0 aliphatic heterocycles. The number of carboxylic acids is 1. The minimum absolute atomic E-state index is 0.103. The van der Waals surface area contributed by atoms with Gasteiger partial charge in [-0.3, -0.25) is 14.3 Å². The summed E-state index contributed by atoms with van der Waals surface area (Å²) >= 11 is 0. The van der Waals surface area contributed by atoms with Gasteiger partial charge in [0.05, 0.1) is 24.1 Å². The molecule has 18 heavy (non-hydrogen) atoms. The third-order valence-electron chi connectivity index (χ3n) is 3.22. The Morgan fingerprint density at radius 2 is 2.28 bits per heavy atom. The Labute approximate surface area is 105 Å². The molecule has 6 heteroatoms. The SMILES string of the molecule is CCn1ccc(CN(C)C(=O)[C@@H]2C[C@H]2C(=O)O)n1. The summed E-state index contributed by atoms with van der Waals surface area (Å²) in [7, 11) is 1.69. The van der Waals surface area contributed by atoms with Crippen LogP contribution in [0.3, 0.4) is 0 Å². The molecular formula is C12H17N3O3. The molecule has 0 spiro atoms. The van der Waals surface area contributed by atoms with Gasteiger partial charge in [0, 0.05) is 19.8 Å². The van der Waals surface area contributed by atoms with E-state index in [0.29, 0.717) is 13.0 Å². The molecular weight excluding hydrogens is 234 g/mol. The number of hydrogen-bond acceptors (Lipinski definition) is 3. The van der Waals surface area contributed by atoms with Crippen LogP contribution in [0.5, 0.6) is 0 Å². The molecule has 1 fully saturated rings. The summed E-state index contributed by atoms with van der Waals surface area (Å²) < 4.78 is 1.80. The van der Waals surface area contributed by atoms with Crippen LogP contribution in [0.15, 0.2) is 12.3 Å². The standard InChI is InChI=1S/C12H17N3O3/c1-3-15-5-4-8(13-15)7-14(2)11(16)9-6-10(9)12(17)18/h4-5,9-10H,3,6-7H2,1-2H3,(H,17,18)/t9-,10-/m1/s1. The van der Waals surface area contributed by atoms with Crippen LogP contribution in [-0.4, -0.2) is 38.7 Å². The van der Waals surface area contributed by atoms with Gasteiger partial charge >= 0.3 is 5.97 Å². The van der Waals surface area contributed by atoms with Crippen LogP contribution >= 0.6 is 0 Å². The molecule has 1 N–H and O–H groups in total. The van der Waals surface area contributed by atoms with Crippen molar-refractivity contribution < 1.29 is 14.7 Å². The van der Waals surface area contributed by atoms with Crippen LogP contribution in [0.1, 0.15) is 19.0 Å². The number of aliphatic carboxylic acids is 1. The Kier molecular flexibility index (Phi) is 3.36. The van der Waals surface area contributed by atoms with Crippen LogP contribution in [0.4, 0.5) is 0 Å². The summed E-state index contributed by atoms with van der Waals surface area (Å²) in [6.45, 7) is 3.21. The van der Waals surface area contributed by atoms with Gasteiger partial charge in [0.15, 0.2) is 0 Å². The average Bonchev–Trinajstić information content (AvgIpc) is 3.02. The number of aryl methyl sites for hydroxylation is 1. The smallest absolute Gasteiger partial charge is 0.307 e. The zero-order valence-electron chi connectivity index (χ0n) is 10.5. The fourth-order valence-electron chi connectivity index (χ4n) is 2.01. The van der Waals surface area contributed by atoms with E-state index in [1.807, 2.05) is 19.2 Å². The first-order chi connectivity index (χ1) is 8.52. The van der Waals surface area contributed by atoms with Crippen molar-refractivity contribution in [2.45, 2.75) is 26.4 Å². The van der Waals surface area contributed by atoms with Crippen LogP contribution in [-0.2, 0) is 22.7 Å². The third kappa shape index (κ3) is 2.52. The second kappa shape index (κ2) is 4.80. The van der Waals surface area contributed by atoms with Crippen molar-refractivity contribution in [3.8, 4) is 0 Å². The minimum Gasteiger partial charge on any atom is -0.481 e. The normalized spacial score (nSPS) is 21.7. The first-order valence-electron chi connectivity index (χ1n) is 6.03. The maximum Gasteiger partial charge on any atom is 0.307 e. The summed E-state index contributed by atoms with van der Waals surface area (Å²) in [4.78, 5) is 24.2. The lowest BCUT2D eigenvalue weighted by atomic mass is 10.2. The fourth-order valence-corrected chi connectivity index (χ4v) is 2.01. The molecule has 2 rings (SSSR count). The molecule has 1 aliphatic carbocycles. The molecule has 98 valence electrons. The Morgan fingerprint density at radius 3 is 2.78 bits per heavy atom. The molecule has 1 saturated carbocycles. The van der Waals surface area contributed by atoms with E-state index in [9.17, 15) is 9.59 Å². The number of carboxylic acid groups (broad SMARTS) is 1. The molecule has 0 radical (unpaired) electrons. The fraction of sp³-hybridized carbons (Fsp3) is 0.583. The van der Waals surface area contributed by atoms with E-state index in [1.54, 1.807) is 16.6 Å². The van der Waals surface area contributed by atoms with E-state index in [-0.39, 0.29) is 11.8 Å². The zero-order chi connectivity index (χ0) is 13.3. The van der Waals surface area contributed by atoms with E-state index >= 15 is 0 Å². The van der Waals surface area contributed by atoms with Crippen molar-refractivity contribution >= 4 is 11.9 Å². The van der Waals surface area contributed by atoms with Crippen molar-refractivity contribution in [2.24, 2.45) is 11.8 Å². The summed E-state index contributed by atoms with van der Waals surface area (Å²) in [5, 5.41) is 13.1. The Balaban J connectivity index is 1.90. The first-order valence-corrected chi connectivity index (χ1v) is 6.03. The van der Waals surface area contributed by atoms with Gasteiger partial charge in [0.1, 0.15) is 0 Å². The van der Waals surface area contributed by atoms with Crippen molar-refractivity contribution in [2.75, 3.05) is 7.05 Å². The largest absolute Gasteiger partial charge is 0.481 e. The summed E-state index contributed by atoms with van der Waals surface area (Å²) in [6, 6.07) is 1.87. The molecule has 1 aromatic heterocycles. The molecule has 1 aromatic rings. The highest BCUT2D eigenvalue weighted by Gasteiger charge is 2.49. The average molecular weight is 251 g/mol. The Bertz CT molecular complexity index is 469. The predicted molar refractivity (Wildman–Crippen MR) is 63.6 cm³/mol. The monoisotopic (exact) mass is 251 g/mol. The molecule has 1 aliphatic rings. The lowest BCUT2D eigenvalue weighted by Gasteiger charge is -2.15. The number of aromatic nitrogens is 2. The van der Waals surface area contributed by atoms with Gasteiger partial charge in [0.25, 0.3) is 0 Å². The lowest BCUT2D eigenvalue weighted by molar-refractivity contribution is -0.141. The summed E-state index contributed by atoms with van der Waals surface area (Å²) in [5.74, 6) is -1.82. The Morgan fingerprint density at radius 1 is 1.56 bits per heavy atom. The summed E-state index contributed by atoms with van der Waals surface area (Å²) in [6.07, 6.45) is 2.33. The molecule has 0 bridgehead atoms. The van der Waals surface area contributed by atoms with Crippen molar-refractivity contribution in [3.05, 3.63) is 18.0 Å². The van der Waals surface area contributed by atoms with Crippen LogP contribution in [0, 0.1) is 11.8 Å². The van der Waals surface area contributed by atoms with Gasteiger partial charge in [0.2, 0.25) is 5.91 Å². The Hall–Kier alpha value is -1.85. The van der Waals surface area contributed by atoms with Crippen molar-refractivity contribution in [1.29, 1.82) is 0 Å². The summed E-state index contributed by atoms with van der Waals surface area (Å²) in [5.41, 5.74) is 0.820. The van der Waals surface area contributed by atoms with Gasteiger partial charge in [-0.2, -0.15) is 5.10 Å². The van der Waals surface area contributed by atoms with Gasteiger partial charge in [-0.25, -0.2) is 0 Å². The third-order valence-corrected chi connectivity index (χ3v) is 3.22. The first kappa shape index (κ1) is 12.6. The second-order valence-corrected chi connectivity index (χ2v) is 4.64. The number of amides is 1. The van der Waals surface area contributed by atoms with Crippen molar-refractivity contribution in [3.63, 3.8) is 0 Å². The highest BCUT2D eigenvalue weighted by atomic mass is 16.4. The van der Waals surface area contributed by atoms with E-state index in [0.717, 1.165) is 12.2 Å². The van der Waals surface area contributed by atoms with E-state index in [2.05, 4.69) is 5.10 Å². The molecule has 1 amide bonds. The number of rotatable bonds is 5. The maximum atomic E-state index is 11.9. The van der Waals surface area contributed by atoms with Gasteiger partial charge in [-0.1, -0.05) is 0 Å². The predicted octanol–water partition coefficient (Wildman–Crippen LogP) is 0.582. The van der Waals surface area contributed by atoms with E-state index in [4.69, 9.17) is 5.11 Å². The van der Waals surface area contributed by atoms with Gasteiger partial charge in [-0.15, -0.1) is 0 Å². The molecule has 0 unspecified atom stereocenters. The minimum atomic E-state index is -0.878. The molecule has 2 atom stereocenters. The number of nitrogens with zero attached hydrogens (tertiary/aromatic N) is 3. The van der Waals surface area contributed by atoms with Crippen LogP contribution < -0.4 is 0 Å². The molecule has 6 nitrogen and oxygen atoms in total. The topological polar surface area (TPSA) is 75.4 Å². The van der Waals surface area contributed by atoms with Crippen LogP contribution in [0.2, 0.25) is 0 Å². The van der Waals surface area contributed by atoms with E-state index < -0.39 is 11.9 Å².